The third-order valence-corrected chi connectivity index (χ3v) is 3.62. The lowest BCUT2D eigenvalue weighted by Crippen LogP contribution is -2.12. The molecule has 0 saturated heterocycles. The molecule has 2 aromatic carbocycles. The van der Waals surface area contributed by atoms with Gasteiger partial charge in [-0.25, -0.2) is 4.99 Å². The standard InChI is InChI=1S/C20H24N4O2/c1-5-12-22-20(15-6-8-16(25)9-7-15)18-13-17(26-4)10-11-19(18)23-14(2)24-21-3/h6-11,13,25H,3,5,12H2,1-2,4H3,(H,23,24). The first-order valence-electron chi connectivity index (χ1n) is 8.38. The number of aliphatic imine (C=N–C) groups is 2. The number of hydrogen-bond acceptors (Lipinski definition) is 5. The van der Waals surface area contributed by atoms with Crippen LogP contribution in [0.15, 0.2) is 57.6 Å². The van der Waals surface area contributed by atoms with Crippen LogP contribution >= 0.6 is 0 Å². The Hall–Kier alpha value is -3.15. The Bertz CT molecular complexity index is 811. The van der Waals surface area contributed by atoms with Gasteiger partial charge in [0.05, 0.1) is 18.5 Å². The van der Waals surface area contributed by atoms with Gasteiger partial charge in [-0.1, -0.05) is 6.92 Å². The minimum atomic E-state index is 0.213. The lowest BCUT2D eigenvalue weighted by molar-refractivity contribution is 0.415. The first kappa shape index (κ1) is 19.2. The van der Waals surface area contributed by atoms with E-state index >= 15 is 0 Å². The molecule has 0 unspecified atom stereocenters. The van der Waals surface area contributed by atoms with E-state index in [0.717, 1.165) is 34.7 Å². The van der Waals surface area contributed by atoms with Gasteiger partial charge in [-0.2, -0.15) is 5.10 Å². The highest BCUT2D eigenvalue weighted by molar-refractivity contribution is 6.16. The molecule has 0 saturated carbocycles. The number of hydrogen-bond donors (Lipinski definition) is 2. The van der Waals surface area contributed by atoms with E-state index in [9.17, 15) is 5.11 Å². The van der Waals surface area contributed by atoms with Gasteiger partial charge >= 0.3 is 0 Å². The second-order valence-electron chi connectivity index (χ2n) is 5.63. The molecule has 26 heavy (non-hydrogen) atoms. The van der Waals surface area contributed by atoms with E-state index in [4.69, 9.17) is 9.73 Å². The van der Waals surface area contributed by atoms with E-state index < -0.39 is 0 Å². The fraction of sp³-hybridized carbons (Fsp3) is 0.250. The zero-order valence-corrected chi connectivity index (χ0v) is 15.4. The van der Waals surface area contributed by atoms with Crippen molar-refractivity contribution < 1.29 is 9.84 Å². The topological polar surface area (TPSA) is 78.6 Å². The summed E-state index contributed by atoms with van der Waals surface area (Å²) in [5, 5.41) is 13.2. The Labute approximate surface area is 154 Å². The normalized spacial score (nSPS) is 12.0. The van der Waals surface area contributed by atoms with Gasteiger partial charge in [0.1, 0.15) is 17.3 Å². The summed E-state index contributed by atoms with van der Waals surface area (Å²) < 4.78 is 5.38. The summed E-state index contributed by atoms with van der Waals surface area (Å²) >= 11 is 0. The van der Waals surface area contributed by atoms with E-state index in [2.05, 4.69) is 29.2 Å². The highest BCUT2D eigenvalue weighted by Gasteiger charge is 2.14. The van der Waals surface area contributed by atoms with Crippen molar-refractivity contribution in [1.29, 1.82) is 0 Å². The van der Waals surface area contributed by atoms with Crippen molar-refractivity contribution in [3.8, 4) is 11.5 Å². The molecular weight excluding hydrogens is 328 g/mol. The lowest BCUT2D eigenvalue weighted by atomic mass is 10.00. The number of benzene rings is 2. The van der Waals surface area contributed by atoms with Gasteiger partial charge in [-0.15, -0.1) is 0 Å². The molecule has 0 heterocycles. The molecule has 0 amide bonds. The molecule has 0 radical (unpaired) electrons. The van der Waals surface area contributed by atoms with Crippen LogP contribution in [0.25, 0.3) is 0 Å². The van der Waals surface area contributed by atoms with Gasteiger partial charge in [0.15, 0.2) is 0 Å². The molecule has 2 rings (SSSR count). The van der Waals surface area contributed by atoms with Gasteiger partial charge in [0.2, 0.25) is 0 Å². The zero-order chi connectivity index (χ0) is 18.9. The van der Waals surface area contributed by atoms with Crippen LogP contribution < -0.4 is 10.2 Å². The Morgan fingerprint density at radius 2 is 1.92 bits per heavy atom. The predicted molar refractivity (Wildman–Crippen MR) is 107 cm³/mol. The van der Waals surface area contributed by atoms with Crippen LogP contribution in [0.2, 0.25) is 0 Å². The number of hydrazone groups is 1. The maximum atomic E-state index is 9.59. The summed E-state index contributed by atoms with van der Waals surface area (Å²) in [6, 6.07) is 12.6. The summed E-state index contributed by atoms with van der Waals surface area (Å²) in [5.41, 5.74) is 6.01. The molecule has 0 aliphatic rings. The predicted octanol–water partition coefficient (Wildman–Crippen LogP) is 3.90. The number of phenolic OH excluding ortho intramolecular Hbond substituents is 1. The van der Waals surface area contributed by atoms with Crippen LogP contribution in [-0.2, 0) is 0 Å². The van der Waals surface area contributed by atoms with Crippen molar-refractivity contribution in [1.82, 2.24) is 5.43 Å². The smallest absolute Gasteiger partial charge is 0.119 e. The van der Waals surface area contributed by atoms with Crippen LogP contribution in [0, 0.1) is 0 Å². The number of amidine groups is 1. The summed E-state index contributed by atoms with van der Waals surface area (Å²) in [4.78, 5) is 9.34. The molecule has 0 aliphatic carbocycles. The molecular formula is C20H24N4O2. The van der Waals surface area contributed by atoms with Crippen LogP contribution in [0.4, 0.5) is 5.69 Å². The molecule has 0 fully saturated rings. The number of rotatable bonds is 7. The molecule has 0 aromatic heterocycles. The van der Waals surface area contributed by atoms with E-state index in [1.165, 1.54) is 0 Å². The van der Waals surface area contributed by atoms with Crippen molar-refractivity contribution in [2.45, 2.75) is 20.3 Å². The van der Waals surface area contributed by atoms with Gasteiger partial charge in [0.25, 0.3) is 0 Å². The Morgan fingerprint density at radius 1 is 1.19 bits per heavy atom. The molecule has 6 nitrogen and oxygen atoms in total. The third-order valence-electron chi connectivity index (χ3n) is 3.62. The highest BCUT2D eigenvalue weighted by atomic mass is 16.5. The largest absolute Gasteiger partial charge is 0.508 e. The van der Waals surface area contributed by atoms with Gasteiger partial charge in [-0.05, 0) is 55.8 Å². The Balaban J connectivity index is 2.63. The average Bonchev–Trinajstić information content (AvgIpc) is 2.64. The second kappa shape index (κ2) is 9.36. The summed E-state index contributed by atoms with van der Waals surface area (Å²) in [7, 11) is 1.62. The van der Waals surface area contributed by atoms with Crippen molar-refractivity contribution in [3.05, 3.63) is 53.6 Å². The van der Waals surface area contributed by atoms with Crippen molar-refractivity contribution in [3.63, 3.8) is 0 Å². The first-order chi connectivity index (χ1) is 12.6. The maximum Gasteiger partial charge on any atom is 0.119 e. The number of ether oxygens (including phenoxy) is 1. The number of nitrogens with zero attached hydrogens (tertiary/aromatic N) is 3. The zero-order valence-electron chi connectivity index (χ0n) is 15.4. The Kier molecular flexibility index (Phi) is 6.91. The molecule has 0 spiro atoms. The Morgan fingerprint density at radius 3 is 2.54 bits per heavy atom. The minimum absolute atomic E-state index is 0.213. The minimum Gasteiger partial charge on any atom is -0.508 e. The summed E-state index contributed by atoms with van der Waals surface area (Å²) in [6.07, 6.45) is 0.922. The van der Waals surface area contributed by atoms with Gasteiger partial charge < -0.3 is 9.84 Å². The molecule has 0 atom stereocenters. The van der Waals surface area contributed by atoms with E-state index in [1.807, 2.05) is 37.3 Å². The summed E-state index contributed by atoms with van der Waals surface area (Å²) in [5.74, 6) is 1.55. The van der Waals surface area contributed by atoms with Crippen molar-refractivity contribution in [2.24, 2.45) is 15.1 Å². The SMILES string of the molecule is C=NNC(C)=Nc1ccc(OC)cc1C(=NCCC)c1ccc(O)cc1. The molecule has 2 aromatic rings. The fourth-order valence-electron chi connectivity index (χ4n) is 2.42. The van der Waals surface area contributed by atoms with Gasteiger partial charge in [-0.3, -0.25) is 10.4 Å². The second-order valence-corrected chi connectivity index (χ2v) is 5.63. The van der Waals surface area contributed by atoms with Crippen molar-refractivity contribution >= 4 is 24.0 Å². The van der Waals surface area contributed by atoms with Crippen LogP contribution in [0.1, 0.15) is 31.4 Å². The average molecular weight is 352 g/mol. The number of nitrogens with one attached hydrogen (secondary N) is 1. The monoisotopic (exact) mass is 352 g/mol. The molecule has 6 heteroatoms. The molecule has 0 bridgehead atoms. The van der Waals surface area contributed by atoms with E-state index in [0.29, 0.717) is 12.4 Å². The lowest BCUT2D eigenvalue weighted by Gasteiger charge is -2.13. The third kappa shape index (κ3) is 4.92. The first-order valence-corrected chi connectivity index (χ1v) is 8.38. The number of methoxy groups -OCH3 is 1. The quantitative estimate of drug-likeness (QED) is 0.450. The molecule has 0 aliphatic heterocycles. The van der Waals surface area contributed by atoms with E-state index in [1.54, 1.807) is 19.2 Å². The van der Waals surface area contributed by atoms with Crippen molar-refractivity contribution in [2.75, 3.05) is 13.7 Å². The molecule has 136 valence electrons. The van der Waals surface area contributed by atoms with Crippen LogP contribution in [-0.4, -0.2) is 37.0 Å². The fourth-order valence-corrected chi connectivity index (χ4v) is 2.42. The van der Waals surface area contributed by atoms with Gasteiger partial charge in [0, 0.05) is 24.4 Å². The summed E-state index contributed by atoms with van der Waals surface area (Å²) in [6.45, 7) is 7.98. The van der Waals surface area contributed by atoms with Crippen LogP contribution in [0.3, 0.4) is 0 Å². The highest BCUT2D eigenvalue weighted by Crippen LogP contribution is 2.28. The van der Waals surface area contributed by atoms with E-state index in [-0.39, 0.29) is 5.75 Å². The maximum absolute atomic E-state index is 9.59. The molecule has 2 N–H and O–H groups in total. The number of aromatic hydroxyl groups is 1. The van der Waals surface area contributed by atoms with Crippen LogP contribution in [0.5, 0.6) is 11.5 Å². The number of phenols is 1.